The number of rotatable bonds is 6. The average molecular weight is 288 g/mol. The monoisotopic (exact) mass is 288 g/mol. The molecule has 0 atom stereocenters. The summed E-state index contributed by atoms with van der Waals surface area (Å²) in [6, 6.07) is 14.1. The van der Waals surface area contributed by atoms with Crippen LogP contribution in [-0.4, -0.2) is 17.5 Å². The Labute approximate surface area is 124 Å². The normalized spacial score (nSPS) is 10.2. The van der Waals surface area contributed by atoms with E-state index in [4.69, 9.17) is 0 Å². The Morgan fingerprint density at radius 3 is 2.65 bits per heavy atom. The molecule has 1 heterocycles. The average Bonchev–Trinajstić information content (AvgIpc) is 2.98. The maximum absolute atomic E-state index is 12.3. The molecule has 1 N–H and O–H groups in total. The van der Waals surface area contributed by atoms with Crippen LogP contribution in [-0.2, 0) is 13.1 Å². The molecule has 0 unspecified atom stereocenters. The Morgan fingerprint density at radius 2 is 2.00 bits per heavy atom. The Hall–Kier alpha value is -1.81. The minimum Gasteiger partial charge on any atom is -0.334 e. The Balaban J connectivity index is 1.89. The fourth-order valence-corrected chi connectivity index (χ4v) is 2.72. The summed E-state index contributed by atoms with van der Waals surface area (Å²) in [6.45, 7) is 4.13. The lowest BCUT2D eigenvalue weighted by Crippen LogP contribution is -2.39. The number of carbonyl (C=O) groups is 1. The highest BCUT2D eigenvalue weighted by atomic mass is 32.1. The largest absolute Gasteiger partial charge is 0.334 e. The molecule has 0 spiro atoms. The molecule has 0 saturated heterocycles. The van der Waals surface area contributed by atoms with Gasteiger partial charge in [0.05, 0.1) is 6.54 Å². The van der Waals surface area contributed by atoms with E-state index in [0.29, 0.717) is 13.1 Å². The van der Waals surface area contributed by atoms with Gasteiger partial charge in [-0.15, -0.1) is 11.3 Å². The van der Waals surface area contributed by atoms with Crippen molar-refractivity contribution in [2.75, 3.05) is 6.54 Å². The van der Waals surface area contributed by atoms with Gasteiger partial charge in [-0.3, -0.25) is 0 Å². The topological polar surface area (TPSA) is 32.3 Å². The van der Waals surface area contributed by atoms with Crippen molar-refractivity contribution in [2.24, 2.45) is 0 Å². The van der Waals surface area contributed by atoms with Crippen molar-refractivity contribution in [3.05, 3.63) is 58.3 Å². The summed E-state index contributed by atoms with van der Waals surface area (Å²) in [5, 5.41) is 5.03. The van der Waals surface area contributed by atoms with Crippen LogP contribution in [0.4, 0.5) is 4.79 Å². The van der Waals surface area contributed by atoms with Crippen molar-refractivity contribution < 1.29 is 4.79 Å². The first-order valence-corrected chi connectivity index (χ1v) is 7.76. The van der Waals surface area contributed by atoms with Crippen molar-refractivity contribution >= 4 is 17.4 Å². The molecule has 2 aromatic rings. The summed E-state index contributed by atoms with van der Waals surface area (Å²) in [6.07, 6.45) is 0.962. The molecule has 2 rings (SSSR count). The first-order valence-electron chi connectivity index (χ1n) is 6.88. The summed E-state index contributed by atoms with van der Waals surface area (Å²) >= 11 is 1.69. The van der Waals surface area contributed by atoms with Crippen molar-refractivity contribution in [1.82, 2.24) is 10.2 Å². The van der Waals surface area contributed by atoms with Crippen molar-refractivity contribution in [3.8, 4) is 0 Å². The number of nitrogens with one attached hydrogen (secondary N) is 1. The maximum atomic E-state index is 12.3. The molecule has 2 amide bonds. The van der Waals surface area contributed by atoms with Crippen LogP contribution in [0.5, 0.6) is 0 Å². The first-order chi connectivity index (χ1) is 9.79. The Kier molecular flexibility index (Phi) is 5.62. The van der Waals surface area contributed by atoms with Crippen molar-refractivity contribution in [3.63, 3.8) is 0 Å². The highest BCUT2D eigenvalue weighted by Gasteiger charge is 2.13. The van der Waals surface area contributed by atoms with E-state index in [1.165, 1.54) is 4.88 Å². The van der Waals surface area contributed by atoms with Crippen molar-refractivity contribution in [1.29, 1.82) is 0 Å². The molecule has 3 nitrogen and oxygen atoms in total. The molecular formula is C16H20N2OS. The summed E-state index contributed by atoms with van der Waals surface area (Å²) in [4.78, 5) is 15.3. The van der Waals surface area contributed by atoms with Crippen LogP contribution < -0.4 is 5.32 Å². The van der Waals surface area contributed by atoms with E-state index in [0.717, 1.165) is 18.5 Å². The highest BCUT2D eigenvalue weighted by Crippen LogP contribution is 2.12. The molecule has 0 aliphatic carbocycles. The third kappa shape index (κ3) is 4.38. The fourth-order valence-electron chi connectivity index (χ4n) is 2.00. The number of urea groups is 1. The Morgan fingerprint density at radius 1 is 1.20 bits per heavy atom. The minimum atomic E-state index is 0.00380. The van der Waals surface area contributed by atoms with Crippen molar-refractivity contribution in [2.45, 2.75) is 26.4 Å². The molecule has 0 radical (unpaired) electrons. The standard InChI is InChI=1S/C16H20N2OS/c1-2-10-18(13-15-9-6-11-20-15)16(19)17-12-14-7-4-3-5-8-14/h3-9,11H,2,10,12-13H2,1H3,(H,17,19). The minimum absolute atomic E-state index is 0.00380. The highest BCUT2D eigenvalue weighted by molar-refractivity contribution is 7.09. The predicted octanol–water partition coefficient (Wildman–Crippen LogP) is 3.87. The lowest BCUT2D eigenvalue weighted by molar-refractivity contribution is 0.195. The smallest absolute Gasteiger partial charge is 0.317 e. The van der Waals surface area contributed by atoms with Gasteiger partial charge in [-0.2, -0.15) is 0 Å². The van der Waals surface area contributed by atoms with Gasteiger partial charge in [0.25, 0.3) is 0 Å². The van der Waals surface area contributed by atoms with Crippen LogP contribution in [0.3, 0.4) is 0 Å². The zero-order chi connectivity index (χ0) is 14.2. The van der Waals surface area contributed by atoms with Gasteiger partial charge in [0.1, 0.15) is 0 Å². The van der Waals surface area contributed by atoms with Gasteiger partial charge in [0.2, 0.25) is 0 Å². The lowest BCUT2D eigenvalue weighted by Gasteiger charge is -2.22. The molecule has 0 aliphatic rings. The van der Waals surface area contributed by atoms with Crippen LogP contribution in [0.15, 0.2) is 47.8 Å². The van der Waals surface area contributed by atoms with E-state index < -0.39 is 0 Å². The second-order valence-corrected chi connectivity index (χ2v) is 5.68. The van der Waals surface area contributed by atoms with E-state index >= 15 is 0 Å². The quantitative estimate of drug-likeness (QED) is 0.860. The zero-order valence-corrected chi connectivity index (χ0v) is 12.5. The summed E-state index contributed by atoms with van der Waals surface area (Å²) in [5.41, 5.74) is 1.12. The number of carbonyl (C=O) groups excluding carboxylic acids is 1. The molecule has 0 fully saturated rings. The number of hydrogen-bond acceptors (Lipinski definition) is 2. The van der Waals surface area contributed by atoms with E-state index in [1.54, 1.807) is 11.3 Å². The molecule has 4 heteroatoms. The van der Waals surface area contributed by atoms with Gasteiger partial charge in [-0.05, 0) is 23.4 Å². The van der Waals surface area contributed by atoms with E-state index in [9.17, 15) is 4.79 Å². The molecule has 0 bridgehead atoms. The van der Waals surface area contributed by atoms with Gasteiger partial charge in [-0.25, -0.2) is 4.79 Å². The molecule has 0 saturated carbocycles. The van der Waals surface area contributed by atoms with Gasteiger partial charge in [-0.1, -0.05) is 43.3 Å². The third-order valence-corrected chi connectivity index (χ3v) is 3.86. The maximum Gasteiger partial charge on any atom is 0.317 e. The lowest BCUT2D eigenvalue weighted by atomic mass is 10.2. The van der Waals surface area contributed by atoms with E-state index in [1.807, 2.05) is 46.7 Å². The summed E-state index contributed by atoms with van der Waals surface area (Å²) < 4.78 is 0. The molecule has 0 aliphatic heterocycles. The van der Waals surface area contributed by atoms with E-state index in [2.05, 4.69) is 18.3 Å². The molecule has 20 heavy (non-hydrogen) atoms. The number of hydrogen-bond donors (Lipinski definition) is 1. The SMILES string of the molecule is CCCN(Cc1cccs1)C(=O)NCc1ccccc1. The fraction of sp³-hybridized carbons (Fsp3) is 0.312. The predicted molar refractivity (Wildman–Crippen MR) is 83.7 cm³/mol. The molecule has 106 valence electrons. The number of nitrogens with zero attached hydrogens (tertiary/aromatic N) is 1. The summed E-state index contributed by atoms with van der Waals surface area (Å²) in [7, 11) is 0. The van der Waals surface area contributed by atoms with Gasteiger partial charge in [0.15, 0.2) is 0 Å². The molecule has 1 aromatic heterocycles. The van der Waals surface area contributed by atoms with Crippen LogP contribution in [0, 0.1) is 0 Å². The molecular weight excluding hydrogens is 268 g/mol. The van der Waals surface area contributed by atoms with Crippen LogP contribution >= 0.6 is 11.3 Å². The zero-order valence-electron chi connectivity index (χ0n) is 11.7. The van der Waals surface area contributed by atoms with Gasteiger partial charge >= 0.3 is 6.03 Å². The van der Waals surface area contributed by atoms with Crippen LogP contribution in [0.25, 0.3) is 0 Å². The third-order valence-electron chi connectivity index (χ3n) is 2.99. The second-order valence-electron chi connectivity index (χ2n) is 4.65. The first kappa shape index (κ1) is 14.6. The molecule has 1 aromatic carbocycles. The van der Waals surface area contributed by atoms with E-state index in [-0.39, 0.29) is 6.03 Å². The number of thiophene rings is 1. The number of amides is 2. The van der Waals surface area contributed by atoms with Crippen LogP contribution in [0.2, 0.25) is 0 Å². The Bertz CT molecular complexity index is 511. The van der Waals surface area contributed by atoms with Crippen LogP contribution in [0.1, 0.15) is 23.8 Å². The second kappa shape index (κ2) is 7.70. The van der Waals surface area contributed by atoms with Gasteiger partial charge in [0, 0.05) is 18.0 Å². The number of benzene rings is 1. The van der Waals surface area contributed by atoms with Gasteiger partial charge < -0.3 is 10.2 Å². The summed E-state index contributed by atoms with van der Waals surface area (Å²) in [5.74, 6) is 0.